The minimum absolute atomic E-state index is 0.0345. The van der Waals surface area contributed by atoms with Crippen LogP contribution in [0.25, 0.3) is 0 Å². The van der Waals surface area contributed by atoms with Gasteiger partial charge in [0.05, 0.1) is 12.6 Å². The van der Waals surface area contributed by atoms with Crippen LogP contribution in [-0.2, 0) is 13.9 Å². The van der Waals surface area contributed by atoms with E-state index in [1.165, 1.54) is 21.5 Å². The van der Waals surface area contributed by atoms with Gasteiger partial charge in [0.15, 0.2) is 0 Å². The zero-order valence-electron chi connectivity index (χ0n) is 15.2. The van der Waals surface area contributed by atoms with E-state index in [0.29, 0.717) is 32.0 Å². The van der Waals surface area contributed by atoms with Crippen molar-refractivity contribution in [2.24, 2.45) is 0 Å². The number of hydroxylamine groups is 3. The van der Waals surface area contributed by atoms with Crippen LogP contribution in [0.5, 0.6) is 0 Å². The number of carbonyl (C=O) groups is 2. The fourth-order valence-corrected chi connectivity index (χ4v) is 5.57. The van der Waals surface area contributed by atoms with Crippen LogP contribution in [0.3, 0.4) is 0 Å². The van der Waals surface area contributed by atoms with Gasteiger partial charge in [-0.25, -0.2) is 14.6 Å². The van der Waals surface area contributed by atoms with Gasteiger partial charge >= 0.3 is 6.03 Å². The second kappa shape index (κ2) is 8.75. The molecule has 4 fully saturated rings. The first-order chi connectivity index (χ1) is 13.2. The summed E-state index contributed by atoms with van der Waals surface area (Å²) >= 11 is 5.75. The standard InChI is InChI=1S/C16H27N5O4S2/c22-15(14-2-1-12-9-20(14)16(23)21(12)25-26)18-24-10-11-7-13(8-17-11)19-3-5-27-6-4-19/h11-14,17,26H,1-10H2,(H,18,22)/t11-,12?,13+,14?/m0/s1. The molecule has 4 rings (SSSR count). The second-order valence-electron chi connectivity index (χ2n) is 7.51. The summed E-state index contributed by atoms with van der Waals surface area (Å²) in [5.41, 5.74) is 2.54. The normalized spacial score (nSPS) is 34.3. The quantitative estimate of drug-likeness (QED) is 0.315. The lowest BCUT2D eigenvalue weighted by molar-refractivity contribution is -0.139. The summed E-state index contributed by atoms with van der Waals surface area (Å²) in [7, 11) is 0. The molecule has 0 aliphatic carbocycles. The molecule has 4 aliphatic heterocycles. The van der Waals surface area contributed by atoms with Crippen molar-refractivity contribution in [1.82, 2.24) is 25.7 Å². The highest BCUT2D eigenvalue weighted by Crippen LogP contribution is 2.30. The highest BCUT2D eigenvalue weighted by molar-refractivity contribution is 7.99. The van der Waals surface area contributed by atoms with Crippen molar-refractivity contribution < 1.29 is 18.7 Å². The van der Waals surface area contributed by atoms with E-state index in [2.05, 4.69) is 28.6 Å². The van der Waals surface area contributed by atoms with Crippen LogP contribution in [0, 0.1) is 0 Å². The van der Waals surface area contributed by atoms with Gasteiger partial charge in [0.25, 0.3) is 5.91 Å². The van der Waals surface area contributed by atoms with E-state index < -0.39 is 6.04 Å². The highest BCUT2D eigenvalue weighted by Gasteiger charge is 2.48. The Kier molecular flexibility index (Phi) is 6.35. The molecule has 11 heteroatoms. The molecule has 2 bridgehead atoms. The number of nitrogens with zero attached hydrogens (tertiary/aromatic N) is 3. The number of piperidine rings is 1. The topological polar surface area (TPSA) is 86.4 Å². The van der Waals surface area contributed by atoms with Crippen molar-refractivity contribution in [1.29, 1.82) is 0 Å². The number of fused-ring (bicyclic) bond motifs is 2. The Labute approximate surface area is 169 Å². The largest absolute Gasteiger partial charge is 0.345 e. The molecule has 27 heavy (non-hydrogen) atoms. The van der Waals surface area contributed by atoms with Crippen molar-refractivity contribution in [3.05, 3.63) is 0 Å². The number of amides is 3. The molecule has 0 saturated carbocycles. The van der Waals surface area contributed by atoms with Gasteiger partial charge < -0.3 is 10.2 Å². The average molecular weight is 418 g/mol. The number of urea groups is 1. The van der Waals surface area contributed by atoms with E-state index in [-0.39, 0.29) is 24.0 Å². The van der Waals surface area contributed by atoms with Crippen LogP contribution in [0.1, 0.15) is 19.3 Å². The monoisotopic (exact) mass is 417 g/mol. The number of rotatable bonds is 6. The average Bonchev–Trinajstić information content (AvgIpc) is 3.26. The molecule has 0 spiro atoms. The molecule has 0 aromatic carbocycles. The summed E-state index contributed by atoms with van der Waals surface area (Å²) in [4.78, 5) is 34.3. The summed E-state index contributed by atoms with van der Waals surface area (Å²) in [5, 5.41) is 4.72. The summed E-state index contributed by atoms with van der Waals surface area (Å²) in [6, 6.07) is -0.0696. The van der Waals surface area contributed by atoms with Crippen molar-refractivity contribution in [2.75, 3.05) is 44.3 Å². The molecule has 4 atom stereocenters. The first kappa shape index (κ1) is 19.6. The number of thioether (sulfide) groups is 1. The number of hydrogen-bond donors (Lipinski definition) is 3. The minimum Gasteiger partial charge on any atom is -0.310 e. The molecule has 4 aliphatic rings. The number of hydrogen-bond acceptors (Lipinski definition) is 8. The Morgan fingerprint density at radius 3 is 2.89 bits per heavy atom. The molecule has 0 radical (unpaired) electrons. The van der Waals surface area contributed by atoms with E-state index in [4.69, 9.17) is 9.12 Å². The Bertz CT molecular complexity index is 565. The van der Waals surface area contributed by atoms with Crippen LogP contribution in [0.15, 0.2) is 0 Å². The molecule has 3 amide bonds. The lowest BCUT2D eigenvalue weighted by atomic mass is 10.0. The van der Waals surface area contributed by atoms with E-state index in [1.807, 2.05) is 11.8 Å². The van der Waals surface area contributed by atoms with Gasteiger partial charge in [-0.1, -0.05) is 0 Å². The summed E-state index contributed by atoms with van der Waals surface area (Å²) in [6.07, 6.45) is 2.33. The molecule has 2 N–H and O–H groups in total. The molecule has 4 heterocycles. The van der Waals surface area contributed by atoms with Crippen LogP contribution in [0.2, 0.25) is 0 Å². The van der Waals surface area contributed by atoms with Crippen LogP contribution in [0.4, 0.5) is 4.79 Å². The maximum absolute atomic E-state index is 12.5. The lowest BCUT2D eigenvalue weighted by Crippen LogP contribution is -2.50. The SMILES string of the molecule is O=C(NOC[C@@H]1C[C@@H](N2CCSCC2)CN1)C1CCC2CN1C(=O)N2OS. The first-order valence-electron chi connectivity index (χ1n) is 9.55. The second-order valence-corrected chi connectivity index (χ2v) is 8.90. The summed E-state index contributed by atoms with van der Waals surface area (Å²) in [5.74, 6) is 2.15. The molecule has 0 aromatic rings. The van der Waals surface area contributed by atoms with Crippen molar-refractivity contribution in [2.45, 2.75) is 43.4 Å². The zero-order valence-corrected chi connectivity index (χ0v) is 16.9. The minimum atomic E-state index is -0.516. The maximum atomic E-state index is 12.5. The lowest BCUT2D eigenvalue weighted by Gasteiger charge is -2.31. The smallest absolute Gasteiger partial charge is 0.310 e. The predicted octanol–water partition coefficient (Wildman–Crippen LogP) is -0.141. The van der Waals surface area contributed by atoms with Crippen molar-refractivity contribution in [3.63, 3.8) is 0 Å². The summed E-state index contributed by atoms with van der Waals surface area (Å²) < 4.78 is 4.83. The van der Waals surface area contributed by atoms with Gasteiger partial charge in [-0.3, -0.25) is 14.5 Å². The molecular formula is C16H27N5O4S2. The van der Waals surface area contributed by atoms with Crippen LogP contribution in [-0.4, -0.2) is 95.3 Å². The molecule has 2 unspecified atom stereocenters. The van der Waals surface area contributed by atoms with Crippen molar-refractivity contribution >= 4 is 36.6 Å². The van der Waals surface area contributed by atoms with Crippen LogP contribution >= 0.6 is 24.7 Å². The molecule has 9 nitrogen and oxygen atoms in total. The van der Waals surface area contributed by atoms with Gasteiger partial charge in [0.2, 0.25) is 0 Å². The van der Waals surface area contributed by atoms with E-state index in [0.717, 1.165) is 26.1 Å². The fourth-order valence-electron chi connectivity index (χ4n) is 4.44. The van der Waals surface area contributed by atoms with E-state index >= 15 is 0 Å². The van der Waals surface area contributed by atoms with Crippen molar-refractivity contribution in [3.8, 4) is 0 Å². The zero-order chi connectivity index (χ0) is 18.8. The number of thiol groups is 1. The molecule has 152 valence electrons. The molecule has 4 saturated heterocycles. The Hall–Kier alpha value is -0.720. The molecular weight excluding hydrogens is 390 g/mol. The highest BCUT2D eigenvalue weighted by atomic mass is 32.2. The fraction of sp³-hybridized carbons (Fsp3) is 0.875. The van der Waals surface area contributed by atoms with Gasteiger partial charge in [-0.15, -0.1) is 0 Å². The van der Waals surface area contributed by atoms with Gasteiger partial charge in [0.1, 0.15) is 6.04 Å². The van der Waals surface area contributed by atoms with E-state index in [1.54, 1.807) is 0 Å². The Balaban J connectivity index is 1.20. The maximum Gasteiger partial charge on any atom is 0.345 e. The third-order valence-corrected chi connectivity index (χ3v) is 7.05. The Morgan fingerprint density at radius 2 is 2.11 bits per heavy atom. The number of nitrogens with one attached hydrogen (secondary N) is 2. The summed E-state index contributed by atoms with van der Waals surface area (Å²) in [6.45, 7) is 4.19. The van der Waals surface area contributed by atoms with Crippen LogP contribution < -0.4 is 10.8 Å². The third kappa shape index (κ3) is 4.18. The Morgan fingerprint density at radius 1 is 1.30 bits per heavy atom. The van der Waals surface area contributed by atoms with Gasteiger partial charge in [-0.2, -0.15) is 16.8 Å². The third-order valence-electron chi connectivity index (χ3n) is 5.93. The van der Waals surface area contributed by atoms with Gasteiger partial charge in [-0.05, 0) is 19.3 Å². The number of carbonyl (C=O) groups excluding carboxylic acids is 2. The first-order valence-corrected chi connectivity index (χ1v) is 11.1. The van der Waals surface area contributed by atoms with Gasteiger partial charge in [0, 0.05) is 62.7 Å². The van der Waals surface area contributed by atoms with E-state index in [9.17, 15) is 9.59 Å². The predicted molar refractivity (Wildman–Crippen MR) is 104 cm³/mol. The molecule has 0 aromatic heterocycles.